The lowest BCUT2D eigenvalue weighted by atomic mass is 9.71. The first-order valence-electron chi connectivity index (χ1n) is 11.5. The van der Waals surface area contributed by atoms with Gasteiger partial charge in [-0.1, -0.05) is 42.5 Å². The largest absolute Gasteiger partial charge is 0.504 e. The number of aromatic nitrogens is 1. The molecule has 0 amide bonds. The highest BCUT2D eigenvalue weighted by Gasteiger charge is 2.39. The van der Waals surface area contributed by atoms with Crippen LogP contribution in [0.1, 0.15) is 41.4 Å². The summed E-state index contributed by atoms with van der Waals surface area (Å²) < 4.78 is 5.41. The number of anilines is 1. The normalized spacial score (nSPS) is 19.4. The average Bonchev–Trinajstić information content (AvgIpc) is 2.88. The second kappa shape index (κ2) is 8.03. The molecular weight excluding hydrogens is 424 g/mol. The number of carbonyl (C=O) groups excluding carboxylic acids is 1. The Bertz CT molecular complexity index is 1460. The molecule has 2 aliphatic rings. The molecule has 3 aromatic carbocycles. The van der Waals surface area contributed by atoms with E-state index in [1.54, 1.807) is 12.3 Å². The van der Waals surface area contributed by atoms with E-state index >= 15 is 0 Å². The van der Waals surface area contributed by atoms with Crippen LogP contribution >= 0.6 is 0 Å². The van der Waals surface area contributed by atoms with Gasteiger partial charge < -0.3 is 15.2 Å². The Morgan fingerprint density at radius 2 is 1.82 bits per heavy atom. The van der Waals surface area contributed by atoms with E-state index in [4.69, 9.17) is 4.74 Å². The lowest BCUT2D eigenvalue weighted by Gasteiger charge is -2.37. The summed E-state index contributed by atoms with van der Waals surface area (Å²) in [5, 5.41) is 14.8. The van der Waals surface area contributed by atoms with E-state index in [1.807, 2.05) is 42.5 Å². The zero-order valence-electron chi connectivity index (χ0n) is 18.8. The van der Waals surface area contributed by atoms with Crippen LogP contribution in [0.2, 0.25) is 0 Å². The number of allylic oxidation sites excluding steroid dienone is 2. The number of aromatic hydroxyl groups is 1. The van der Waals surface area contributed by atoms with E-state index in [0.717, 1.165) is 45.4 Å². The summed E-state index contributed by atoms with van der Waals surface area (Å²) in [5.74, 6) is 0.472. The maximum absolute atomic E-state index is 13.8. The summed E-state index contributed by atoms with van der Waals surface area (Å²) in [6.45, 7) is 0. The molecule has 0 bridgehead atoms. The Labute approximate surface area is 197 Å². The fourth-order valence-corrected chi connectivity index (χ4v) is 5.45. The lowest BCUT2D eigenvalue weighted by molar-refractivity contribution is -0.116. The molecule has 1 aromatic heterocycles. The standard InChI is InChI=1S/C29H24N2O3/c1-34-26-16-18(9-12-24(26)32)27-28-20-8-5-13-30-21(20)10-11-22(28)31-23-14-19(15-25(33)29(23)27)17-6-3-2-4-7-17/h2-13,16,19,27,31-32H,14-15H2,1H3/t19-,27+/m1/s1. The number of ketones is 1. The molecular formula is C29H24N2O3. The van der Waals surface area contributed by atoms with E-state index in [9.17, 15) is 9.90 Å². The highest BCUT2D eigenvalue weighted by atomic mass is 16.5. The summed E-state index contributed by atoms with van der Waals surface area (Å²) in [7, 11) is 1.54. The molecule has 5 nitrogen and oxygen atoms in total. The minimum absolute atomic E-state index is 0.0771. The predicted molar refractivity (Wildman–Crippen MR) is 132 cm³/mol. The first-order valence-corrected chi connectivity index (χ1v) is 11.5. The number of phenolic OH excluding ortho intramolecular Hbond substituents is 1. The molecule has 0 fully saturated rings. The van der Waals surface area contributed by atoms with Crippen LogP contribution < -0.4 is 10.1 Å². The monoisotopic (exact) mass is 448 g/mol. The smallest absolute Gasteiger partial charge is 0.162 e. The molecule has 4 aromatic rings. The number of pyridine rings is 1. The Morgan fingerprint density at radius 1 is 0.971 bits per heavy atom. The Morgan fingerprint density at radius 3 is 2.65 bits per heavy atom. The quantitative estimate of drug-likeness (QED) is 0.408. The first kappa shape index (κ1) is 20.5. The van der Waals surface area contributed by atoms with Gasteiger partial charge in [0.1, 0.15) is 0 Å². The van der Waals surface area contributed by atoms with Crippen LogP contribution in [-0.4, -0.2) is 23.0 Å². The number of fused-ring (bicyclic) bond motifs is 3. The highest BCUT2D eigenvalue weighted by molar-refractivity contribution is 6.04. The molecule has 5 heteroatoms. The SMILES string of the molecule is COc1cc([C@@H]2C3=C(C[C@@H](c4ccccc4)CC3=O)Nc3ccc4ncccc4c32)ccc1O. The third-order valence-corrected chi connectivity index (χ3v) is 7.01. The van der Waals surface area contributed by atoms with Crippen molar-refractivity contribution in [2.24, 2.45) is 0 Å². The number of Topliss-reactive ketones (excluding diaryl/α,β-unsaturated/α-hetero) is 1. The minimum Gasteiger partial charge on any atom is -0.504 e. The fourth-order valence-electron chi connectivity index (χ4n) is 5.45. The average molecular weight is 449 g/mol. The number of hydrogen-bond donors (Lipinski definition) is 2. The number of phenols is 1. The van der Waals surface area contributed by atoms with Crippen LogP contribution in [0, 0.1) is 0 Å². The molecule has 1 aliphatic carbocycles. The zero-order chi connectivity index (χ0) is 23.2. The maximum Gasteiger partial charge on any atom is 0.162 e. The molecule has 0 unspecified atom stereocenters. The zero-order valence-corrected chi connectivity index (χ0v) is 18.8. The van der Waals surface area contributed by atoms with Crippen molar-refractivity contribution in [1.82, 2.24) is 4.98 Å². The number of ether oxygens (including phenoxy) is 1. The van der Waals surface area contributed by atoms with Crippen molar-refractivity contribution < 1.29 is 14.6 Å². The molecule has 0 radical (unpaired) electrons. The molecule has 2 atom stereocenters. The van der Waals surface area contributed by atoms with Gasteiger partial charge in [0, 0.05) is 40.9 Å². The summed E-state index contributed by atoms with van der Waals surface area (Å²) in [4.78, 5) is 18.3. The van der Waals surface area contributed by atoms with Crippen molar-refractivity contribution in [2.75, 3.05) is 12.4 Å². The number of nitrogens with one attached hydrogen (secondary N) is 1. The van der Waals surface area contributed by atoms with E-state index in [0.29, 0.717) is 12.2 Å². The summed E-state index contributed by atoms with van der Waals surface area (Å²) >= 11 is 0. The van der Waals surface area contributed by atoms with Gasteiger partial charge in [0.25, 0.3) is 0 Å². The number of methoxy groups -OCH3 is 1. The van der Waals surface area contributed by atoms with Crippen LogP contribution in [0.25, 0.3) is 10.9 Å². The second-order valence-corrected chi connectivity index (χ2v) is 8.92. The van der Waals surface area contributed by atoms with Crippen LogP contribution in [0.15, 0.2) is 90.3 Å². The molecule has 0 saturated heterocycles. The number of benzene rings is 3. The van der Waals surface area contributed by atoms with Crippen LogP contribution in [0.5, 0.6) is 11.5 Å². The van der Waals surface area contributed by atoms with Crippen molar-refractivity contribution in [3.05, 3.63) is 107 Å². The summed E-state index contributed by atoms with van der Waals surface area (Å²) in [5.41, 5.74) is 6.75. The van der Waals surface area contributed by atoms with Gasteiger partial charge in [-0.3, -0.25) is 9.78 Å². The topological polar surface area (TPSA) is 71.5 Å². The number of hydrogen-bond acceptors (Lipinski definition) is 5. The number of nitrogens with zero attached hydrogens (tertiary/aromatic N) is 1. The minimum atomic E-state index is -0.280. The molecule has 1 aliphatic heterocycles. The first-order chi connectivity index (χ1) is 16.6. The van der Waals surface area contributed by atoms with Gasteiger partial charge in [-0.25, -0.2) is 0 Å². The van der Waals surface area contributed by atoms with Crippen LogP contribution in [-0.2, 0) is 4.79 Å². The predicted octanol–water partition coefficient (Wildman–Crippen LogP) is 5.91. The van der Waals surface area contributed by atoms with Gasteiger partial charge in [-0.2, -0.15) is 0 Å². The fraction of sp³-hybridized carbons (Fsp3) is 0.172. The van der Waals surface area contributed by atoms with E-state index in [1.165, 1.54) is 12.7 Å². The van der Waals surface area contributed by atoms with E-state index in [2.05, 4.69) is 34.6 Å². The van der Waals surface area contributed by atoms with Crippen LogP contribution in [0.4, 0.5) is 5.69 Å². The molecule has 2 heterocycles. The molecule has 0 saturated carbocycles. The molecule has 6 rings (SSSR count). The van der Waals surface area contributed by atoms with Gasteiger partial charge in [0.2, 0.25) is 0 Å². The van der Waals surface area contributed by atoms with Crippen molar-refractivity contribution in [1.29, 1.82) is 0 Å². The Kier molecular flexibility index (Phi) is 4.84. The third kappa shape index (κ3) is 3.24. The van der Waals surface area contributed by atoms with Gasteiger partial charge in [0.15, 0.2) is 17.3 Å². The van der Waals surface area contributed by atoms with Gasteiger partial charge in [-0.15, -0.1) is 0 Å². The molecule has 168 valence electrons. The third-order valence-electron chi connectivity index (χ3n) is 7.01. The van der Waals surface area contributed by atoms with E-state index in [-0.39, 0.29) is 23.4 Å². The summed E-state index contributed by atoms with van der Waals surface area (Å²) in [6.07, 6.45) is 3.01. The maximum atomic E-state index is 13.8. The summed E-state index contributed by atoms with van der Waals surface area (Å²) in [6, 6.07) is 23.7. The van der Waals surface area contributed by atoms with E-state index < -0.39 is 0 Å². The molecule has 34 heavy (non-hydrogen) atoms. The highest BCUT2D eigenvalue weighted by Crippen LogP contribution is 2.50. The second-order valence-electron chi connectivity index (χ2n) is 8.92. The van der Waals surface area contributed by atoms with Gasteiger partial charge in [0.05, 0.1) is 12.6 Å². The van der Waals surface area contributed by atoms with Gasteiger partial charge >= 0.3 is 0 Å². The lowest BCUT2D eigenvalue weighted by Crippen LogP contribution is -2.30. The Hall–Kier alpha value is -4.12. The van der Waals surface area contributed by atoms with Crippen molar-refractivity contribution >= 4 is 22.4 Å². The number of carbonyl (C=O) groups is 1. The number of rotatable bonds is 3. The molecule has 2 N–H and O–H groups in total. The molecule has 0 spiro atoms. The Balaban J connectivity index is 1.57. The van der Waals surface area contributed by atoms with Crippen molar-refractivity contribution in [3.8, 4) is 11.5 Å². The van der Waals surface area contributed by atoms with Crippen molar-refractivity contribution in [3.63, 3.8) is 0 Å². The van der Waals surface area contributed by atoms with Crippen molar-refractivity contribution in [2.45, 2.75) is 24.7 Å². The van der Waals surface area contributed by atoms with Crippen LogP contribution in [0.3, 0.4) is 0 Å². The van der Waals surface area contributed by atoms with Gasteiger partial charge in [-0.05, 0) is 59.4 Å².